The van der Waals surface area contributed by atoms with Crippen LogP contribution in [-0.2, 0) is 12.8 Å². The summed E-state index contributed by atoms with van der Waals surface area (Å²) in [6.45, 7) is 3.98. The van der Waals surface area contributed by atoms with Gasteiger partial charge in [0.25, 0.3) is 0 Å². The molecule has 0 bridgehead atoms. The maximum atomic E-state index is 7.55. The number of amidine groups is 1. The number of aromatic nitrogens is 5. The summed E-state index contributed by atoms with van der Waals surface area (Å²) in [5.74, 6) is 1.92. The van der Waals surface area contributed by atoms with Gasteiger partial charge in [-0.15, -0.1) is 10.2 Å². The van der Waals surface area contributed by atoms with Crippen molar-refractivity contribution in [3.05, 3.63) is 29.5 Å². The van der Waals surface area contributed by atoms with Gasteiger partial charge in [0.2, 0.25) is 0 Å². The molecule has 0 aromatic carbocycles. The first kappa shape index (κ1) is 12.2. The second-order valence-corrected chi connectivity index (χ2v) is 3.75. The van der Waals surface area contributed by atoms with E-state index in [4.69, 9.17) is 11.1 Å². The second-order valence-electron chi connectivity index (χ2n) is 3.75. The molecule has 18 heavy (non-hydrogen) atoms. The summed E-state index contributed by atoms with van der Waals surface area (Å²) in [5.41, 5.74) is 6.04. The van der Waals surface area contributed by atoms with Gasteiger partial charge < -0.3 is 5.73 Å². The Morgan fingerprint density at radius 1 is 1.39 bits per heavy atom. The van der Waals surface area contributed by atoms with Gasteiger partial charge in [-0.3, -0.25) is 5.41 Å². The Bertz CT molecular complexity index is 573. The zero-order valence-corrected chi connectivity index (χ0v) is 10.4. The highest BCUT2D eigenvalue weighted by Crippen LogP contribution is 2.12. The first-order valence-electron chi connectivity index (χ1n) is 5.78. The monoisotopic (exact) mass is 245 g/mol. The Morgan fingerprint density at radius 3 is 2.78 bits per heavy atom. The summed E-state index contributed by atoms with van der Waals surface area (Å²) in [4.78, 5) is 4.40. The van der Waals surface area contributed by atoms with E-state index in [2.05, 4.69) is 20.3 Å². The summed E-state index contributed by atoms with van der Waals surface area (Å²) in [5, 5.41) is 19.8. The average molecular weight is 245 g/mol. The number of nitrogens with zero attached hydrogens (tertiary/aromatic N) is 5. The zero-order valence-electron chi connectivity index (χ0n) is 10.4. The summed E-state index contributed by atoms with van der Waals surface area (Å²) in [7, 11) is 0. The lowest BCUT2D eigenvalue weighted by Crippen LogP contribution is -2.18. The van der Waals surface area contributed by atoms with Gasteiger partial charge in [0.05, 0.1) is 11.8 Å². The Kier molecular flexibility index (Phi) is 3.31. The van der Waals surface area contributed by atoms with E-state index < -0.39 is 0 Å². The largest absolute Gasteiger partial charge is 0.384 e. The van der Waals surface area contributed by atoms with E-state index in [0.29, 0.717) is 11.4 Å². The fraction of sp³-hybridized carbons (Fsp3) is 0.364. The first-order valence-corrected chi connectivity index (χ1v) is 5.78. The van der Waals surface area contributed by atoms with Crippen molar-refractivity contribution in [2.24, 2.45) is 5.73 Å². The second kappa shape index (κ2) is 4.91. The Labute approximate surface area is 105 Å². The van der Waals surface area contributed by atoms with Crippen molar-refractivity contribution >= 4 is 5.84 Å². The Morgan fingerprint density at radius 2 is 2.17 bits per heavy atom. The highest BCUT2D eigenvalue weighted by atomic mass is 15.4. The number of rotatable bonds is 4. The third-order valence-corrected chi connectivity index (χ3v) is 2.54. The quantitative estimate of drug-likeness (QED) is 0.601. The van der Waals surface area contributed by atoms with Gasteiger partial charge in [-0.2, -0.15) is 9.78 Å². The van der Waals surface area contributed by atoms with E-state index in [-0.39, 0.29) is 5.84 Å². The number of aryl methyl sites for hydroxylation is 2. The minimum atomic E-state index is -0.0597. The van der Waals surface area contributed by atoms with Gasteiger partial charge in [0, 0.05) is 12.8 Å². The predicted molar refractivity (Wildman–Crippen MR) is 66.7 cm³/mol. The number of nitrogens with one attached hydrogen (secondary N) is 1. The SMILES string of the molecule is CCc1nc(CC)n(-c2nnccc2C(=N)N)n1. The molecule has 94 valence electrons. The molecule has 2 rings (SSSR count). The van der Waals surface area contributed by atoms with Gasteiger partial charge >= 0.3 is 0 Å². The molecule has 0 radical (unpaired) electrons. The number of nitrogens with two attached hydrogens (primary N) is 1. The molecule has 0 aliphatic carbocycles. The van der Waals surface area contributed by atoms with Crippen molar-refractivity contribution < 1.29 is 0 Å². The van der Waals surface area contributed by atoms with Crippen molar-refractivity contribution in [1.29, 1.82) is 5.41 Å². The summed E-state index contributed by atoms with van der Waals surface area (Å²) in [6.07, 6.45) is 2.97. The summed E-state index contributed by atoms with van der Waals surface area (Å²) >= 11 is 0. The highest BCUT2D eigenvalue weighted by Gasteiger charge is 2.15. The van der Waals surface area contributed by atoms with Crippen molar-refractivity contribution in [2.45, 2.75) is 26.7 Å². The molecule has 0 atom stereocenters. The zero-order chi connectivity index (χ0) is 13.1. The molecule has 0 saturated carbocycles. The minimum absolute atomic E-state index is 0.0597. The van der Waals surface area contributed by atoms with Gasteiger partial charge in [-0.25, -0.2) is 4.98 Å². The molecule has 2 aromatic rings. The smallest absolute Gasteiger partial charge is 0.188 e. The van der Waals surface area contributed by atoms with Crippen molar-refractivity contribution in [3.8, 4) is 5.82 Å². The molecule has 2 heterocycles. The maximum Gasteiger partial charge on any atom is 0.188 e. The number of hydrogen-bond donors (Lipinski definition) is 2. The van der Waals surface area contributed by atoms with Gasteiger partial charge in [0.1, 0.15) is 11.7 Å². The molecule has 0 amide bonds. The van der Waals surface area contributed by atoms with Crippen LogP contribution in [0.1, 0.15) is 31.1 Å². The lowest BCUT2D eigenvalue weighted by Gasteiger charge is -2.07. The highest BCUT2D eigenvalue weighted by molar-refractivity contribution is 5.97. The number of hydrogen-bond acceptors (Lipinski definition) is 5. The van der Waals surface area contributed by atoms with Crippen LogP contribution in [-0.4, -0.2) is 30.8 Å². The van der Waals surface area contributed by atoms with E-state index in [1.165, 1.54) is 6.20 Å². The minimum Gasteiger partial charge on any atom is -0.384 e. The first-order chi connectivity index (χ1) is 8.67. The normalized spacial score (nSPS) is 10.6. The fourth-order valence-corrected chi connectivity index (χ4v) is 1.63. The van der Waals surface area contributed by atoms with Crippen LogP contribution in [0.3, 0.4) is 0 Å². The van der Waals surface area contributed by atoms with E-state index in [1.807, 2.05) is 13.8 Å². The Balaban J connectivity index is 2.61. The van der Waals surface area contributed by atoms with Gasteiger partial charge in [-0.1, -0.05) is 13.8 Å². The summed E-state index contributed by atoms with van der Waals surface area (Å²) in [6, 6.07) is 1.65. The van der Waals surface area contributed by atoms with Crippen LogP contribution in [0, 0.1) is 5.41 Å². The third-order valence-electron chi connectivity index (χ3n) is 2.54. The van der Waals surface area contributed by atoms with Crippen LogP contribution in [0.2, 0.25) is 0 Å². The van der Waals surface area contributed by atoms with Crippen LogP contribution in [0.5, 0.6) is 0 Å². The molecule has 3 N–H and O–H groups in total. The molecule has 0 spiro atoms. The van der Waals surface area contributed by atoms with Crippen LogP contribution < -0.4 is 5.73 Å². The molecule has 0 aliphatic heterocycles. The van der Waals surface area contributed by atoms with Crippen molar-refractivity contribution in [3.63, 3.8) is 0 Å². The summed E-state index contributed by atoms with van der Waals surface area (Å²) < 4.78 is 1.61. The lowest BCUT2D eigenvalue weighted by atomic mass is 10.2. The molecule has 2 aromatic heterocycles. The van der Waals surface area contributed by atoms with Crippen LogP contribution in [0.4, 0.5) is 0 Å². The maximum absolute atomic E-state index is 7.55. The molecule has 0 aliphatic rings. The molecule has 7 heteroatoms. The fourth-order valence-electron chi connectivity index (χ4n) is 1.63. The average Bonchev–Trinajstić information content (AvgIpc) is 2.81. The van der Waals surface area contributed by atoms with Crippen LogP contribution in [0.25, 0.3) is 5.82 Å². The van der Waals surface area contributed by atoms with Gasteiger partial charge in [-0.05, 0) is 6.07 Å². The van der Waals surface area contributed by atoms with E-state index in [1.54, 1.807) is 10.7 Å². The Hall–Kier alpha value is -2.31. The molecular formula is C11H15N7. The molecule has 0 saturated heterocycles. The van der Waals surface area contributed by atoms with Crippen LogP contribution >= 0.6 is 0 Å². The lowest BCUT2D eigenvalue weighted by molar-refractivity contribution is 0.749. The van der Waals surface area contributed by atoms with Crippen LogP contribution in [0.15, 0.2) is 12.3 Å². The standard InChI is InChI=1S/C11H15N7/c1-3-8-15-9(4-2)18(17-8)11-7(10(12)13)5-6-14-16-11/h5-6H,3-4H2,1-2H3,(H3,12,13). The van der Waals surface area contributed by atoms with Crippen molar-refractivity contribution in [1.82, 2.24) is 25.0 Å². The topological polar surface area (TPSA) is 106 Å². The van der Waals surface area contributed by atoms with E-state index in [9.17, 15) is 0 Å². The molecule has 7 nitrogen and oxygen atoms in total. The van der Waals surface area contributed by atoms with Crippen molar-refractivity contribution in [2.75, 3.05) is 0 Å². The van der Waals surface area contributed by atoms with E-state index >= 15 is 0 Å². The molecule has 0 fully saturated rings. The third kappa shape index (κ3) is 2.06. The molecule has 0 unspecified atom stereocenters. The van der Waals surface area contributed by atoms with Gasteiger partial charge in [0.15, 0.2) is 11.6 Å². The number of nitrogen functional groups attached to an aromatic ring is 1. The predicted octanol–water partition coefficient (Wildman–Crippen LogP) is 0.466. The molecular weight excluding hydrogens is 230 g/mol. The van der Waals surface area contributed by atoms with E-state index in [0.717, 1.165) is 24.5 Å².